The topological polar surface area (TPSA) is 6.48 Å². The third-order valence-electron chi connectivity index (χ3n) is 3.13. The quantitative estimate of drug-likeness (QED) is 0.662. The first-order valence-corrected chi connectivity index (χ1v) is 5.31. The van der Waals surface area contributed by atoms with Gasteiger partial charge < -0.3 is 9.80 Å². The van der Waals surface area contributed by atoms with Crippen molar-refractivity contribution in [3.63, 3.8) is 0 Å². The van der Waals surface area contributed by atoms with Crippen LogP contribution in [0.3, 0.4) is 0 Å². The molecule has 0 saturated carbocycles. The van der Waals surface area contributed by atoms with E-state index in [1.54, 1.807) is 5.70 Å². The average molecular weight is 182 g/mol. The van der Waals surface area contributed by atoms with Crippen molar-refractivity contribution < 1.29 is 0 Å². The van der Waals surface area contributed by atoms with Crippen LogP contribution < -0.4 is 0 Å². The van der Waals surface area contributed by atoms with Gasteiger partial charge in [0.15, 0.2) is 0 Å². The molecule has 0 aromatic rings. The van der Waals surface area contributed by atoms with Crippen molar-refractivity contribution in [3.8, 4) is 0 Å². The Hall–Kier alpha value is -0.660. The molecule has 1 aliphatic heterocycles. The van der Waals surface area contributed by atoms with Crippen molar-refractivity contribution in [1.29, 1.82) is 0 Å². The first kappa shape index (κ1) is 10.4. The highest BCUT2D eigenvalue weighted by Gasteiger charge is 2.28. The van der Waals surface area contributed by atoms with Crippen LogP contribution in [0.5, 0.6) is 0 Å². The van der Waals surface area contributed by atoms with Crippen LogP contribution in [-0.2, 0) is 0 Å². The monoisotopic (exact) mass is 182 g/mol. The van der Waals surface area contributed by atoms with Crippen LogP contribution in [0.4, 0.5) is 0 Å². The Balaban J connectivity index is 2.88. The van der Waals surface area contributed by atoms with Crippen LogP contribution in [-0.4, -0.2) is 30.1 Å². The van der Waals surface area contributed by atoms with Crippen LogP contribution in [0.2, 0.25) is 0 Å². The second kappa shape index (κ2) is 4.03. The Morgan fingerprint density at radius 1 is 1.08 bits per heavy atom. The SMILES string of the molecule is CCCC1=C(CC)N(C)C(C)N1C. The Kier molecular flexibility index (Phi) is 3.23. The fourth-order valence-electron chi connectivity index (χ4n) is 2.13. The number of hydrogen-bond donors (Lipinski definition) is 0. The molecule has 76 valence electrons. The highest BCUT2D eigenvalue weighted by Crippen LogP contribution is 2.30. The smallest absolute Gasteiger partial charge is 0.0976 e. The summed E-state index contributed by atoms with van der Waals surface area (Å²) in [5.41, 5.74) is 3.07. The first-order valence-electron chi connectivity index (χ1n) is 5.31. The maximum atomic E-state index is 2.41. The van der Waals surface area contributed by atoms with Gasteiger partial charge in [0.1, 0.15) is 0 Å². The summed E-state index contributed by atoms with van der Waals surface area (Å²) in [7, 11) is 4.40. The Morgan fingerprint density at radius 2 is 1.62 bits per heavy atom. The van der Waals surface area contributed by atoms with E-state index in [0.717, 1.165) is 6.42 Å². The van der Waals surface area contributed by atoms with E-state index in [1.165, 1.54) is 18.5 Å². The summed E-state index contributed by atoms with van der Waals surface area (Å²) in [6, 6.07) is 0. The molecule has 1 rings (SSSR count). The van der Waals surface area contributed by atoms with Crippen molar-refractivity contribution in [3.05, 3.63) is 11.4 Å². The van der Waals surface area contributed by atoms with E-state index in [-0.39, 0.29) is 0 Å². The van der Waals surface area contributed by atoms with Gasteiger partial charge in [0.25, 0.3) is 0 Å². The van der Waals surface area contributed by atoms with Gasteiger partial charge in [-0.2, -0.15) is 0 Å². The number of allylic oxidation sites excluding steroid dienone is 2. The lowest BCUT2D eigenvalue weighted by Crippen LogP contribution is -2.33. The third-order valence-corrected chi connectivity index (χ3v) is 3.13. The van der Waals surface area contributed by atoms with Crippen molar-refractivity contribution >= 4 is 0 Å². The Bertz CT molecular complexity index is 208. The van der Waals surface area contributed by atoms with Crippen LogP contribution in [0.1, 0.15) is 40.0 Å². The summed E-state index contributed by atoms with van der Waals surface area (Å²) in [5.74, 6) is 0. The third kappa shape index (κ3) is 1.67. The van der Waals surface area contributed by atoms with Crippen LogP contribution in [0.15, 0.2) is 11.4 Å². The zero-order chi connectivity index (χ0) is 10.0. The van der Waals surface area contributed by atoms with E-state index in [4.69, 9.17) is 0 Å². The fourth-order valence-corrected chi connectivity index (χ4v) is 2.13. The van der Waals surface area contributed by atoms with E-state index < -0.39 is 0 Å². The summed E-state index contributed by atoms with van der Waals surface area (Å²) in [4.78, 5) is 4.80. The van der Waals surface area contributed by atoms with Crippen LogP contribution >= 0.6 is 0 Å². The molecule has 0 amide bonds. The molecule has 0 aliphatic carbocycles. The molecule has 2 heteroatoms. The van der Waals surface area contributed by atoms with E-state index in [9.17, 15) is 0 Å². The zero-order valence-corrected chi connectivity index (χ0v) is 9.59. The molecular formula is C11H22N2. The summed E-state index contributed by atoms with van der Waals surface area (Å²) in [5, 5.41) is 0. The lowest BCUT2D eigenvalue weighted by molar-refractivity contribution is 0.204. The van der Waals surface area contributed by atoms with Crippen molar-refractivity contribution in [2.45, 2.75) is 46.2 Å². The second-order valence-electron chi connectivity index (χ2n) is 3.85. The Labute approximate surface area is 82.2 Å². The van der Waals surface area contributed by atoms with Gasteiger partial charge in [-0.1, -0.05) is 20.3 Å². The summed E-state index contributed by atoms with van der Waals surface area (Å²) in [6.45, 7) is 6.75. The van der Waals surface area contributed by atoms with Crippen molar-refractivity contribution in [2.75, 3.05) is 14.1 Å². The second-order valence-corrected chi connectivity index (χ2v) is 3.85. The van der Waals surface area contributed by atoms with Crippen molar-refractivity contribution in [1.82, 2.24) is 9.80 Å². The molecule has 13 heavy (non-hydrogen) atoms. The van der Waals surface area contributed by atoms with E-state index in [1.807, 2.05) is 0 Å². The minimum atomic E-state index is 0.538. The molecular weight excluding hydrogens is 160 g/mol. The van der Waals surface area contributed by atoms with Crippen LogP contribution in [0.25, 0.3) is 0 Å². The maximum Gasteiger partial charge on any atom is 0.0976 e. The number of hydrogen-bond acceptors (Lipinski definition) is 2. The molecule has 2 nitrogen and oxygen atoms in total. The summed E-state index contributed by atoms with van der Waals surface area (Å²) < 4.78 is 0. The predicted octanol–water partition coefficient (Wildman–Crippen LogP) is 2.63. The molecule has 1 unspecified atom stereocenters. The van der Waals surface area contributed by atoms with E-state index in [0.29, 0.717) is 6.17 Å². The van der Waals surface area contributed by atoms with Gasteiger partial charge in [-0.15, -0.1) is 0 Å². The van der Waals surface area contributed by atoms with Crippen molar-refractivity contribution in [2.24, 2.45) is 0 Å². The van der Waals surface area contributed by atoms with Gasteiger partial charge in [0, 0.05) is 25.5 Å². The first-order chi connectivity index (χ1) is 6.13. The van der Waals surface area contributed by atoms with Gasteiger partial charge in [-0.3, -0.25) is 0 Å². The minimum Gasteiger partial charge on any atom is -0.356 e. The normalized spacial score (nSPS) is 23.3. The summed E-state index contributed by atoms with van der Waals surface area (Å²) >= 11 is 0. The minimum absolute atomic E-state index is 0.538. The van der Waals surface area contributed by atoms with Gasteiger partial charge in [-0.05, 0) is 19.8 Å². The molecule has 0 saturated heterocycles. The maximum absolute atomic E-state index is 2.41. The fraction of sp³-hybridized carbons (Fsp3) is 0.818. The molecule has 0 aromatic heterocycles. The average Bonchev–Trinajstić information content (AvgIpc) is 2.32. The van der Waals surface area contributed by atoms with Gasteiger partial charge in [0.05, 0.1) is 6.17 Å². The highest BCUT2D eigenvalue weighted by molar-refractivity contribution is 5.18. The number of rotatable bonds is 3. The molecule has 0 spiro atoms. The van der Waals surface area contributed by atoms with Gasteiger partial charge in [-0.25, -0.2) is 0 Å². The molecule has 1 heterocycles. The Morgan fingerprint density at radius 3 is 2.08 bits per heavy atom. The lowest BCUT2D eigenvalue weighted by atomic mass is 10.2. The van der Waals surface area contributed by atoms with E-state index in [2.05, 4.69) is 44.7 Å². The van der Waals surface area contributed by atoms with Gasteiger partial charge >= 0.3 is 0 Å². The van der Waals surface area contributed by atoms with E-state index >= 15 is 0 Å². The summed E-state index contributed by atoms with van der Waals surface area (Å²) in [6.07, 6.45) is 4.15. The standard InChI is InChI=1S/C11H22N2/c1-6-8-11-10(7-2)12(4)9(3)13(11)5/h9H,6-8H2,1-5H3. The predicted molar refractivity (Wildman–Crippen MR) is 57.2 cm³/mol. The number of nitrogens with zero attached hydrogens (tertiary/aromatic N) is 2. The highest BCUT2D eigenvalue weighted by atomic mass is 15.4. The zero-order valence-electron chi connectivity index (χ0n) is 9.59. The lowest BCUT2D eigenvalue weighted by Gasteiger charge is -2.26. The molecule has 0 fully saturated rings. The molecule has 0 radical (unpaired) electrons. The molecule has 0 aromatic carbocycles. The molecule has 1 aliphatic rings. The molecule has 0 N–H and O–H groups in total. The van der Waals surface area contributed by atoms with Gasteiger partial charge in [0.2, 0.25) is 0 Å². The van der Waals surface area contributed by atoms with Crippen LogP contribution in [0, 0.1) is 0 Å². The molecule has 1 atom stereocenters. The largest absolute Gasteiger partial charge is 0.356 e. The molecule has 0 bridgehead atoms.